The van der Waals surface area contributed by atoms with Crippen molar-refractivity contribution in [2.45, 2.75) is 0 Å². The van der Waals surface area contributed by atoms with E-state index in [9.17, 15) is 0 Å². The molecule has 0 fully saturated rings. The highest BCUT2D eigenvalue weighted by Gasteiger charge is 2.49. The van der Waals surface area contributed by atoms with Crippen LogP contribution in [0.5, 0.6) is 23.0 Å². The number of hydrogen-bond acceptors (Lipinski definition) is 4. The summed E-state index contributed by atoms with van der Waals surface area (Å²) < 4.78 is 15.8. The van der Waals surface area contributed by atoms with Crippen molar-refractivity contribution in [2.24, 2.45) is 0 Å². The summed E-state index contributed by atoms with van der Waals surface area (Å²) in [5.74, 6) is 4.07. The third kappa shape index (κ3) is 4.69. The summed E-state index contributed by atoms with van der Waals surface area (Å²) in [4.78, 5) is 9.50. The van der Waals surface area contributed by atoms with Crippen LogP contribution >= 0.6 is 0 Å². The van der Waals surface area contributed by atoms with Crippen LogP contribution in [-0.4, -0.2) is 22.6 Å². The Morgan fingerprint density at radius 1 is 0.519 bits per heavy atom. The van der Waals surface area contributed by atoms with Gasteiger partial charge in [0.25, 0.3) is 0 Å². The second kappa shape index (κ2) is 12.2. The highest BCUT2D eigenvalue weighted by molar-refractivity contribution is 7.21. The van der Waals surface area contributed by atoms with Crippen molar-refractivity contribution in [3.05, 3.63) is 188 Å². The van der Waals surface area contributed by atoms with Gasteiger partial charge in [-0.15, -0.1) is 0 Å². The van der Waals surface area contributed by atoms with Gasteiger partial charge < -0.3 is 9.47 Å². The van der Waals surface area contributed by atoms with E-state index >= 15 is 0 Å². The van der Waals surface area contributed by atoms with Gasteiger partial charge in [0.2, 0.25) is 0 Å². The standard InChI is InChI=1S/C46H31N3O2Si/c1-3-16-35(17-4-1)52(36-18-5-2-6-19-36)43-22-8-7-21-41(43)51-42-27-26-38-37-25-24-34(50-33-15-13-14-32(30-33)39-20-9-11-28-47-39)31-40(37)49(45(38)46(42)52)44-23-10-12-29-48-44/h1-31H. The highest BCUT2D eigenvalue weighted by atomic mass is 28.3. The molecule has 3 aromatic heterocycles. The van der Waals surface area contributed by atoms with Gasteiger partial charge >= 0.3 is 0 Å². The Balaban J connectivity index is 1.28. The topological polar surface area (TPSA) is 49.2 Å². The number of para-hydroxylation sites is 1. The molecule has 9 aromatic rings. The molecule has 0 saturated heterocycles. The number of rotatable bonds is 6. The largest absolute Gasteiger partial charge is 0.457 e. The maximum Gasteiger partial charge on any atom is 0.191 e. The van der Waals surface area contributed by atoms with Crippen molar-refractivity contribution in [3.63, 3.8) is 0 Å². The van der Waals surface area contributed by atoms with Crippen LogP contribution in [0.1, 0.15) is 0 Å². The van der Waals surface area contributed by atoms with E-state index in [0.717, 1.165) is 61.9 Å². The van der Waals surface area contributed by atoms with E-state index in [1.54, 1.807) is 0 Å². The molecule has 0 spiro atoms. The van der Waals surface area contributed by atoms with Gasteiger partial charge in [-0.3, -0.25) is 9.55 Å². The Morgan fingerprint density at radius 2 is 1.21 bits per heavy atom. The molecule has 0 unspecified atom stereocenters. The average Bonchev–Trinajstić information content (AvgIpc) is 3.55. The molecule has 0 atom stereocenters. The summed E-state index contributed by atoms with van der Waals surface area (Å²) in [6.45, 7) is 0. The lowest BCUT2D eigenvalue weighted by atomic mass is 10.1. The number of fused-ring (bicyclic) bond motifs is 6. The number of nitrogens with zero attached hydrogens (tertiary/aromatic N) is 3. The number of benzene rings is 6. The van der Waals surface area contributed by atoms with E-state index in [2.05, 4.69) is 137 Å². The van der Waals surface area contributed by atoms with Crippen molar-refractivity contribution < 1.29 is 9.47 Å². The van der Waals surface area contributed by atoms with Crippen LogP contribution in [0.25, 0.3) is 38.9 Å². The molecule has 1 aliphatic heterocycles. The molecular formula is C46H31N3O2Si. The molecule has 0 saturated carbocycles. The molecule has 0 radical (unpaired) electrons. The second-order valence-corrected chi connectivity index (χ2v) is 16.7. The van der Waals surface area contributed by atoms with Crippen LogP contribution < -0.4 is 30.2 Å². The number of hydrogen-bond donors (Lipinski definition) is 0. The van der Waals surface area contributed by atoms with Gasteiger partial charge in [0, 0.05) is 40.0 Å². The quantitative estimate of drug-likeness (QED) is 0.165. The fraction of sp³-hybridized carbons (Fsp3) is 0. The Morgan fingerprint density at radius 3 is 1.96 bits per heavy atom. The average molecular weight is 686 g/mol. The van der Waals surface area contributed by atoms with E-state index < -0.39 is 8.07 Å². The minimum absolute atomic E-state index is 0.732. The van der Waals surface area contributed by atoms with Crippen LogP contribution in [0, 0.1) is 0 Å². The number of aromatic nitrogens is 3. The number of ether oxygens (including phenoxy) is 2. The van der Waals surface area contributed by atoms with Crippen LogP contribution in [-0.2, 0) is 0 Å². The van der Waals surface area contributed by atoms with Gasteiger partial charge in [-0.2, -0.15) is 0 Å². The first-order chi connectivity index (χ1) is 25.8. The highest BCUT2D eigenvalue weighted by Crippen LogP contribution is 2.40. The molecule has 0 amide bonds. The summed E-state index contributed by atoms with van der Waals surface area (Å²) in [6.07, 6.45) is 3.67. The molecule has 5 nitrogen and oxygen atoms in total. The van der Waals surface area contributed by atoms with Crippen molar-refractivity contribution in [3.8, 4) is 40.1 Å². The van der Waals surface area contributed by atoms with E-state index in [4.69, 9.17) is 14.5 Å². The minimum Gasteiger partial charge on any atom is -0.457 e. The fourth-order valence-electron chi connectivity index (χ4n) is 7.95. The zero-order chi connectivity index (χ0) is 34.5. The lowest BCUT2D eigenvalue weighted by Gasteiger charge is -2.40. The van der Waals surface area contributed by atoms with E-state index in [0.29, 0.717) is 0 Å². The summed E-state index contributed by atoms with van der Waals surface area (Å²) in [6, 6.07) is 61.4. The molecule has 0 aliphatic carbocycles. The molecule has 10 rings (SSSR count). The van der Waals surface area contributed by atoms with Gasteiger partial charge in [0.05, 0.1) is 16.7 Å². The van der Waals surface area contributed by atoms with Gasteiger partial charge in [-0.25, -0.2) is 4.98 Å². The van der Waals surface area contributed by atoms with Crippen molar-refractivity contribution in [2.75, 3.05) is 0 Å². The third-order valence-corrected chi connectivity index (χ3v) is 14.9. The first kappa shape index (κ1) is 30.1. The lowest BCUT2D eigenvalue weighted by molar-refractivity contribution is 0.483. The summed E-state index contributed by atoms with van der Waals surface area (Å²) in [5, 5.41) is 7.26. The normalized spacial score (nSPS) is 12.9. The van der Waals surface area contributed by atoms with E-state index in [-0.39, 0.29) is 0 Å². The smallest absolute Gasteiger partial charge is 0.191 e. The molecule has 52 heavy (non-hydrogen) atoms. The summed E-state index contributed by atoms with van der Waals surface area (Å²) in [5.41, 5.74) is 3.99. The predicted octanol–water partition coefficient (Wildman–Crippen LogP) is 8.52. The van der Waals surface area contributed by atoms with Crippen LogP contribution in [0.15, 0.2) is 188 Å². The first-order valence-electron chi connectivity index (χ1n) is 17.4. The molecule has 6 heteroatoms. The Hall–Kier alpha value is -6.76. The molecule has 246 valence electrons. The Bertz CT molecular complexity index is 2690. The lowest BCUT2D eigenvalue weighted by Crippen LogP contribution is -2.76. The molecular weight excluding hydrogens is 655 g/mol. The van der Waals surface area contributed by atoms with E-state index in [1.807, 2.05) is 60.9 Å². The maximum atomic E-state index is 6.89. The predicted molar refractivity (Wildman–Crippen MR) is 212 cm³/mol. The minimum atomic E-state index is -2.99. The van der Waals surface area contributed by atoms with Crippen LogP contribution in [0.2, 0.25) is 0 Å². The van der Waals surface area contributed by atoms with Crippen molar-refractivity contribution in [1.29, 1.82) is 0 Å². The molecule has 1 aliphatic rings. The molecule has 0 N–H and O–H groups in total. The van der Waals surface area contributed by atoms with Crippen LogP contribution in [0.4, 0.5) is 0 Å². The van der Waals surface area contributed by atoms with Crippen LogP contribution in [0.3, 0.4) is 0 Å². The monoisotopic (exact) mass is 685 g/mol. The zero-order valence-electron chi connectivity index (χ0n) is 28.1. The third-order valence-electron chi connectivity index (χ3n) is 10.1. The van der Waals surface area contributed by atoms with Crippen molar-refractivity contribution in [1.82, 2.24) is 14.5 Å². The van der Waals surface area contributed by atoms with E-state index in [1.165, 1.54) is 20.7 Å². The SMILES string of the molecule is c1ccc([Si]2(c3ccccc3)c3ccccc3Oc3ccc4c5ccc(Oc6cccc(-c7ccccn7)c6)cc5n(-c5ccccn5)c4c32)cc1. The summed E-state index contributed by atoms with van der Waals surface area (Å²) in [7, 11) is -2.99. The zero-order valence-corrected chi connectivity index (χ0v) is 29.1. The van der Waals surface area contributed by atoms with Gasteiger partial charge in [-0.1, -0.05) is 103 Å². The Labute approximate surface area is 302 Å². The fourth-order valence-corrected chi connectivity index (χ4v) is 13.1. The number of pyridine rings is 2. The molecule has 0 bridgehead atoms. The van der Waals surface area contributed by atoms with Crippen molar-refractivity contribution >= 4 is 50.6 Å². The molecule has 4 heterocycles. The summed E-state index contributed by atoms with van der Waals surface area (Å²) >= 11 is 0. The second-order valence-electron chi connectivity index (χ2n) is 13.0. The molecule has 6 aromatic carbocycles. The first-order valence-corrected chi connectivity index (χ1v) is 19.4. The van der Waals surface area contributed by atoms with Gasteiger partial charge in [-0.05, 0) is 82.3 Å². The van der Waals surface area contributed by atoms with Gasteiger partial charge in [0.1, 0.15) is 28.8 Å². The van der Waals surface area contributed by atoms with Gasteiger partial charge in [0.15, 0.2) is 8.07 Å². The Kier molecular flexibility index (Phi) is 7.08. The maximum absolute atomic E-state index is 6.89.